The summed E-state index contributed by atoms with van der Waals surface area (Å²) < 4.78 is 1.78. The maximum atomic E-state index is 11.4. The molecule has 0 atom stereocenters. The molecular formula is C22H18Cl3N5O2. The minimum atomic E-state index is -0.0929. The maximum absolute atomic E-state index is 11.4. The van der Waals surface area contributed by atoms with Crippen LogP contribution in [-0.2, 0) is 11.3 Å². The zero-order chi connectivity index (χ0) is 22.8. The van der Waals surface area contributed by atoms with Gasteiger partial charge in [-0.05, 0) is 30.7 Å². The molecule has 0 radical (unpaired) electrons. The predicted octanol–water partition coefficient (Wildman–Crippen LogP) is 5.39. The number of rotatable bonds is 5. The average Bonchev–Trinajstić information content (AvgIpc) is 3.03. The number of fused-ring (bicyclic) bond motifs is 1. The molecule has 1 aromatic heterocycles. The fourth-order valence-electron chi connectivity index (χ4n) is 3.53. The van der Waals surface area contributed by atoms with Crippen LogP contribution in [0.1, 0.15) is 36.5 Å². The van der Waals surface area contributed by atoms with Gasteiger partial charge in [-0.15, -0.1) is 0 Å². The Kier molecular flexibility index (Phi) is 6.50. The molecule has 1 amide bonds. The van der Waals surface area contributed by atoms with Crippen molar-refractivity contribution in [3.05, 3.63) is 62.1 Å². The molecule has 0 saturated carbocycles. The van der Waals surface area contributed by atoms with Crippen molar-refractivity contribution in [3.8, 4) is 5.88 Å². The molecule has 2 N–H and O–H groups in total. The molecule has 2 heterocycles. The number of benzene rings is 2. The first-order chi connectivity index (χ1) is 15.4. The fraction of sp³-hybridized carbons (Fsp3) is 0.182. The highest BCUT2D eigenvalue weighted by atomic mass is 35.5. The van der Waals surface area contributed by atoms with E-state index in [-0.39, 0.29) is 11.8 Å². The molecule has 0 fully saturated rings. The summed E-state index contributed by atoms with van der Waals surface area (Å²) in [5, 5.41) is 25.0. The summed E-state index contributed by atoms with van der Waals surface area (Å²) in [6.45, 7) is 2.50. The van der Waals surface area contributed by atoms with Crippen LogP contribution in [0.4, 0.5) is 0 Å². The van der Waals surface area contributed by atoms with Gasteiger partial charge >= 0.3 is 0 Å². The first-order valence-corrected chi connectivity index (χ1v) is 10.9. The lowest BCUT2D eigenvalue weighted by Gasteiger charge is -2.12. The van der Waals surface area contributed by atoms with E-state index in [1.165, 1.54) is 12.4 Å². The van der Waals surface area contributed by atoms with Crippen molar-refractivity contribution >= 4 is 69.8 Å². The summed E-state index contributed by atoms with van der Waals surface area (Å²) in [5.74, 6) is -0.00956. The Hall–Kier alpha value is -2.87. The van der Waals surface area contributed by atoms with Gasteiger partial charge in [0.2, 0.25) is 11.8 Å². The first kappa shape index (κ1) is 22.3. The number of hydrogen-bond donors (Lipinski definition) is 2. The van der Waals surface area contributed by atoms with E-state index in [1.807, 2.05) is 25.1 Å². The topological polar surface area (TPSA) is 91.3 Å². The maximum Gasteiger partial charge on any atom is 0.240 e. The number of aryl methyl sites for hydroxylation is 1. The molecule has 0 aliphatic carbocycles. The number of aromatic hydroxyl groups is 1. The molecule has 2 aromatic carbocycles. The molecule has 0 spiro atoms. The Morgan fingerprint density at radius 3 is 2.41 bits per heavy atom. The zero-order valence-corrected chi connectivity index (χ0v) is 19.2. The highest BCUT2D eigenvalue weighted by Gasteiger charge is 2.18. The number of hydrogen-bond acceptors (Lipinski definition) is 5. The number of nitrogens with one attached hydrogen (secondary N) is 1. The molecule has 10 heteroatoms. The van der Waals surface area contributed by atoms with Crippen LogP contribution in [0.3, 0.4) is 0 Å². The van der Waals surface area contributed by atoms with Gasteiger partial charge in [-0.1, -0.05) is 46.9 Å². The second-order valence-electron chi connectivity index (χ2n) is 7.08. The van der Waals surface area contributed by atoms with Gasteiger partial charge < -0.3 is 9.67 Å². The van der Waals surface area contributed by atoms with Crippen molar-refractivity contribution in [2.75, 3.05) is 0 Å². The van der Waals surface area contributed by atoms with Crippen LogP contribution >= 0.6 is 34.8 Å². The summed E-state index contributed by atoms with van der Waals surface area (Å²) in [6.07, 6.45) is 3.88. The van der Waals surface area contributed by atoms with E-state index in [0.717, 1.165) is 22.2 Å². The molecule has 32 heavy (non-hydrogen) atoms. The van der Waals surface area contributed by atoms with Crippen LogP contribution in [0.2, 0.25) is 15.1 Å². The van der Waals surface area contributed by atoms with Gasteiger partial charge in [-0.2, -0.15) is 15.3 Å². The lowest BCUT2D eigenvalue weighted by molar-refractivity contribution is -0.121. The molecule has 0 bridgehead atoms. The van der Waals surface area contributed by atoms with E-state index < -0.39 is 0 Å². The van der Waals surface area contributed by atoms with Crippen LogP contribution < -0.4 is 5.43 Å². The lowest BCUT2D eigenvalue weighted by Crippen LogP contribution is -2.25. The third-order valence-electron chi connectivity index (χ3n) is 5.11. The molecule has 4 rings (SSSR count). The van der Waals surface area contributed by atoms with Gasteiger partial charge in [0, 0.05) is 35.4 Å². The van der Waals surface area contributed by atoms with Crippen molar-refractivity contribution in [2.45, 2.75) is 26.3 Å². The van der Waals surface area contributed by atoms with E-state index in [4.69, 9.17) is 34.8 Å². The Bertz CT molecular complexity index is 1290. The standard InChI is InChI=1S/C22H18Cl3N5O2/c1-2-30-20-7-12(19-5-6-21(31)29-28-19)3-4-14(20)15(22(30)32)10-26-27-11-16-17(24)8-13(23)9-18(16)25/h3-4,7-11,32H,2,5-6H2,1H3,(H,29,31)/b26-10+,27-11-. The summed E-state index contributed by atoms with van der Waals surface area (Å²) in [4.78, 5) is 11.4. The summed E-state index contributed by atoms with van der Waals surface area (Å²) >= 11 is 18.2. The van der Waals surface area contributed by atoms with Gasteiger partial charge in [0.1, 0.15) is 0 Å². The van der Waals surface area contributed by atoms with Gasteiger partial charge in [-0.3, -0.25) is 4.79 Å². The Morgan fingerprint density at radius 1 is 1.09 bits per heavy atom. The second kappa shape index (κ2) is 9.32. The normalized spacial score (nSPS) is 14.5. The minimum absolute atomic E-state index is 0.0834. The molecule has 0 unspecified atom stereocenters. The number of halogens is 3. The number of carbonyl (C=O) groups is 1. The Balaban J connectivity index is 1.67. The number of hydrazone groups is 1. The molecule has 164 valence electrons. The monoisotopic (exact) mass is 489 g/mol. The van der Waals surface area contributed by atoms with Crippen LogP contribution in [0, 0.1) is 0 Å². The van der Waals surface area contributed by atoms with E-state index >= 15 is 0 Å². The summed E-state index contributed by atoms with van der Waals surface area (Å²) in [7, 11) is 0. The second-order valence-corrected chi connectivity index (χ2v) is 8.33. The number of amides is 1. The predicted molar refractivity (Wildman–Crippen MR) is 130 cm³/mol. The molecule has 1 aliphatic rings. The third-order valence-corrected chi connectivity index (χ3v) is 5.96. The minimum Gasteiger partial charge on any atom is -0.494 e. The number of nitrogens with zero attached hydrogens (tertiary/aromatic N) is 4. The van der Waals surface area contributed by atoms with E-state index in [1.54, 1.807) is 16.7 Å². The van der Waals surface area contributed by atoms with Crippen LogP contribution in [-0.4, -0.2) is 33.7 Å². The molecular weight excluding hydrogens is 473 g/mol. The van der Waals surface area contributed by atoms with Crippen LogP contribution in [0.5, 0.6) is 5.88 Å². The van der Waals surface area contributed by atoms with Crippen molar-refractivity contribution in [1.82, 2.24) is 9.99 Å². The van der Waals surface area contributed by atoms with Crippen molar-refractivity contribution in [1.29, 1.82) is 0 Å². The smallest absolute Gasteiger partial charge is 0.240 e. The molecule has 0 saturated heterocycles. The quantitative estimate of drug-likeness (QED) is 0.370. The first-order valence-electron chi connectivity index (χ1n) is 9.81. The lowest BCUT2D eigenvalue weighted by atomic mass is 10.0. The van der Waals surface area contributed by atoms with Crippen LogP contribution in [0.25, 0.3) is 10.9 Å². The van der Waals surface area contributed by atoms with Gasteiger partial charge in [0.25, 0.3) is 0 Å². The van der Waals surface area contributed by atoms with Gasteiger partial charge in [0.15, 0.2) is 0 Å². The highest BCUT2D eigenvalue weighted by molar-refractivity contribution is 6.41. The summed E-state index contributed by atoms with van der Waals surface area (Å²) in [5.41, 5.74) is 6.07. The fourth-order valence-corrected chi connectivity index (χ4v) is 4.45. The van der Waals surface area contributed by atoms with Crippen LogP contribution in [0.15, 0.2) is 45.6 Å². The Labute approximate surface area is 199 Å². The van der Waals surface area contributed by atoms with Crippen molar-refractivity contribution in [2.24, 2.45) is 15.3 Å². The number of carbonyl (C=O) groups excluding carboxylic acids is 1. The Morgan fingerprint density at radius 2 is 1.78 bits per heavy atom. The SMILES string of the molecule is CCn1c(O)c(/C=N/N=C\c2c(Cl)cc(Cl)cc2Cl)c2ccc(C3=NNC(=O)CC3)cc21. The van der Waals surface area contributed by atoms with E-state index in [2.05, 4.69) is 20.7 Å². The average molecular weight is 491 g/mol. The largest absolute Gasteiger partial charge is 0.494 e. The summed E-state index contributed by atoms with van der Waals surface area (Å²) in [6, 6.07) is 8.89. The van der Waals surface area contributed by atoms with Crippen molar-refractivity contribution in [3.63, 3.8) is 0 Å². The van der Waals surface area contributed by atoms with E-state index in [0.29, 0.717) is 45.6 Å². The number of aromatic nitrogens is 1. The molecule has 3 aromatic rings. The van der Waals surface area contributed by atoms with E-state index in [9.17, 15) is 9.90 Å². The zero-order valence-electron chi connectivity index (χ0n) is 16.9. The highest BCUT2D eigenvalue weighted by Crippen LogP contribution is 2.32. The van der Waals surface area contributed by atoms with Crippen molar-refractivity contribution < 1.29 is 9.90 Å². The molecule has 7 nitrogen and oxygen atoms in total. The third kappa shape index (κ3) is 4.37. The van der Waals surface area contributed by atoms with Gasteiger partial charge in [-0.25, -0.2) is 5.43 Å². The molecule has 1 aliphatic heterocycles. The van der Waals surface area contributed by atoms with Gasteiger partial charge in [0.05, 0.1) is 39.3 Å².